The minimum Gasteiger partial charge on any atom is -0.308 e. The average Bonchev–Trinajstić information content (AvgIpc) is 2.63. The maximum Gasteiger partial charge on any atom is 0.228 e. The molecule has 1 unspecified atom stereocenters. The highest BCUT2D eigenvalue weighted by atomic mass is 79.9. The molecule has 0 bridgehead atoms. The van der Waals surface area contributed by atoms with Gasteiger partial charge < -0.3 is 4.90 Å². The molecular weight excluding hydrogens is 357 g/mol. The summed E-state index contributed by atoms with van der Waals surface area (Å²) in [7, 11) is 0. The van der Waals surface area contributed by atoms with Crippen LogP contribution in [0.5, 0.6) is 0 Å². The van der Waals surface area contributed by atoms with Crippen molar-refractivity contribution in [3.05, 3.63) is 27.4 Å². The van der Waals surface area contributed by atoms with Crippen LogP contribution < -0.4 is 4.90 Å². The first-order chi connectivity index (χ1) is 8.88. The molecule has 2 rings (SSSR count). The Morgan fingerprint density at radius 2 is 2.26 bits per heavy atom. The molecule has 102 valence electrons. The summed E-state index contributed by atoms with van der Waals surface area (Å²) in [5.41, 5.74) is 0.157. The summed E-state index contributed by atoms with van der Waals surface area (Å²) < 4.78 is 14.3. The fraction of sp³-hybridized carbons (Fsp3) is 0.333. The Morgan fingerprint density at radius 1 is 1.58 bits per heavy atom. The molecule has 0 N–H and O–H groups in total. The molecule has 0 spiro atoms. The summed E-state index contributed by atoms with van der Waals surface area (Å²) in [4.78, 5) is 24.3. The van der Waals surface area contributed by atoms with E-state index in [1.807, 2.05) is 0 Å². The Balaban J connectivity index is 2.25. The molecule has 0 radical (unpaired) electrons. The molecule has 1 amide bonds. The molecule has 1 aromatic carbocycles. The molecule has 7 heteroatoms. The molecule has 1 aromatic rings. The number of anilines is 1. The second-order valence-electron chi connectivity index (χ2n) is 4.16. The lowest BCUT2D eigenvalue weighted by molar-refractivity contribution is -0.117. The van der Waals surface area contributed by atoms with Gasteiger partial charge in [0, 0.05) is 29.6 Å². The number of hydrogen-bond donors (Lipinski definition) is 0. The minimum atomic E-state index is -0.516. The van der Waals surface area contributed by atoms with Crippen molar-refractivity contribution < 1.29 is 14.0 Å². The molecule has 1 heterocycles. The van der Waals surface area contributed by atoms with Gasteiger partial charge in [-0.3, -0.25) is 9.59 Å². The van der Waals surface area contributed by atoms with Gasteiger partial charge in [0.15, 0.2) is 5.12 Å². The first-order valence-electron chi connectivity index (χ1n) is 5.50. The van der Waals surface area contributed by atoms with E-state index in [-0.39, 0.29) is 28.4 Å². The monoisotopic (exact) mass is 365 g/mol. The summed E-state index contributed by atoms with van der Waals surface area (Å²) >= 11 is 10.2. The molecule has 3 nitrogen and oxygen atoms in total. The fourth-order valence-corrected chi connectivity index (χ4v) is 3.33. The average molecular weight is 367 g/mol. The number of rotatable bonds is 2. The van der Waals surface area contributed by atoms with Crippen LogP contribution in [-0.4, -0.2) is 22.8 Å². The lowest BCUT2D eigenvalue weighted by atomic mass is 10.3. The van der Waals surface area contributed by atoms with Crippen LogP contribution in [0.25, 0.3) is 0 Å². The Kier molecular flexibility index (Phi) is 4.53. The summed E-state index contributed by atoms with van der Waals surface area (Å²) in [6, 6.07) is 2.65. The van der Waals surface area contributed by atoms with Crippen molar-refractivity contribution in [1.82, 2.24) is 0 Å². The van der Waals surface area contributed by atoms with Gasteiger partial charge in [-0.25, -0.2) is 4.39 Å². The Hall–Kier alpha value is -0.590. The van der Waals surface area contributed by atoms with E-state index in [0.29, 0.717) is 16.0 Å². The van der Waals surface area contributed by atoms with Gasteiger partial charge in [-0.2, -0.15) is 0 Å². The highest BCUT2D eigenvalue weighted by Crippen LogP contribution is 2.34. The smallest absolute Gasteiger partial charge is 0.228 e. The number of hydrogen-bond acceptors (Lipinski definition) is 3. The third-order valence-electron chi connectivity index (χ3n) is 2.70. The van der Waals surface area contributed by atoms with Crippen molar-refractivity contribution >= 4 is 56.0 Å². The van der Waals surface area contributed by atoms with E-state index in [1.54, 1.807) is 0 Å². The van der Waals surface area contributed by atoms with Crippen LogP contribution in [0.3, 0.4) is 0 Å². The van der Waals surface area contributed by atoms with E-state index in [1.165, 1.54) is 24.0 Å². The van der Waals surface area contributed by atoms with Crippen LogP contribution in [0.15, 0.2) is 16.6 Å². The Bertz CT molecular complexity index is 555. The Labute approximate surface area is 127 Å². The van der Waals surface area contributed by atoms with E-state index in [9.17, 15) is 14.0 Å². The van der Waals surface area contributed by atoms with Crippen molar-refractivity contribution in [2.45, 2.75) is 18.6 Å². The highest BCUT2D eigenvalue weighted by molar-refractivity contribution is 9.10. The lowest BCUT2D eigenvalue weighted by Gasteiger charge is -2.18. The number of amides is 1. The van der Waals surface area contributed by atoms with Gasteiger partial charge in [0.1, 0.15) is 5.82 Å². The predicted molar refractivity (Wildman–Crippen MR) is 78.1 cm³/mol. The maximum atomic E-state index is 13.9. The van der Waals surface area contributed by atoms with Gasteiger partial charge in [-0.05, 0) is 28.1 Å². The minimum absolute atomic E-state index is 0.0473. The lowest BCUT2D eigenvalue weighted by Crippen LogP contribution is -2.26. The molecule has 19 heavy (non-hydrogen) atoms. The van der Waals surface area contributed by atoms with Crippen molar-refractivity contribution in [3.8, 4) is 0 Å². The SMILES string of the molecule is CC(=O)SC1CC(=O)N(c2cc(Cl)c(Br)cc2F)C1. The summed E-state index contributed by atoms with van der Waals surface area (Å²) in [6.45, 7) is 1.77. The third-order valence-corrected chi connectivity index (χ3v) is 4.88. The molecule has 0 aromatic heterocycles. The number of carbonyl (C=O) groups excluding carboxylic acids is 2. The molecule has 0 saturated carbocycles. The van der Waals surface area contributed by atoms with Crippen LogP contribution in [-0.2, 0) is 9.59 Å². The van der Waals surface area contributed by atoms with Gasteiger partial charge >= 0.3 is 0 Å². The van der Waals surface area contributed by atoms with Gasteiger partial charge in [0.05, 0.1) is 10.7 Å². The van der Waals surface area contributed by atoms with Gasteiger partial charge in [-0.15, -0.1) is 0 Å². The zero-order chi connectivity index (χ0) is 14.2. The molecule has 0 aliphatic carbocycles. The molecular formula is C12H10BrClFNO2S. The largest absolute Gasteiger partial charge is 0.308 e. The number of thioether (sulfide) groups is 1. The van der Waals surface area contributed by atoms with Crippen LogP contribution in [0, 0.1) is 5.82 Å². The van der Waals surface area contributed by atoms with Crippen LogP contribution >= 0.6 is 39.3 Å². The zero-order valence-corrected chi connectivity index (χ0v) is 13.1. The van der Waals surface area contributed by atoms with Gasteiger partial charge in [-0.1, -0.05) is 23.4 Å². The standard InChI is InChI=1S/C12H10BrClFNO2S/c1-6(17)19-7-2-12(18)16(5-7)11-4-9(14)8(13)3-10(11)15/h3-4,7H,2,5H2,1H3. The van der Waals surface area contributed by atoms with Crippen LogP contribution in [0.1, 0.15) is 13.3 Å². The molecule has 1 atom stereocenters. The zero-order valence-electron chi connectivity index (χ0n) is 9.95. The molecule has 1 fully saturated rings. The topological polar surface area (TPSA) is 37.4 Å². The van der Waals surface area contributed by atoms with Crippen molar-refractivity contribution in [2.75, 3.05) is 11.4 Å². The van der Waals surface area contributed by atoms with E-state index in [0.717, 1.165) is 11.8 Å². The van der Waals surface area contributed by atoms with Crippen LogP contribution in [0.4, 0.5) is 10.1 Å². The fourth-order valence-electron chi connectivity index (χ4n) is 1.94. The van der Waals surface area contributed by atoms with Gasteiger partial charge in [0.2, 0.25) is 5.91 Å². The second kappa shape index (κ2) is 5.81. The number of nitrogens with zero attached hydrogens (tertiary/aromatic N) is 1. The normalized spacial score (nSPS) is 19.1. The number of carbonyl (C=O) groups is 2. The van der Waals surface area contributed by atoms with Crippen molar-refractivity contribution in [3.63, 3.8) is 0 Å². The maximum absolute atomic E-state index is 13.9. The summed E-state index contributed by atoms with van der Waals surface area (Å²) in [5, 5.41) is 0.160. The first-order valence-corrected chi connectivity index (χ1v) is 7.55. The number of benzene rings is 1. The Morgan fingerprint density at radius 3 is 2.89 bits per heavy atom. The molecule has 1 saturated heterocycles. The van der Waals surface area contributed by atoms with Crippen LogP contribution in [0.2, 0.25) is 5.02 Å². The van der Waals surface area contributed by atoms with E-state index >= 15 is 0 Å². The molecule has 1 aliphatic rings. The highest BCUT2D eigenvalue weighted by Gasteiger charge is 2.33. The molecule has 1 aliphatic heterocycles. The quantitative estimate of drug-likeness (QED) is 0.750. The van der Waals surface area contributed by atoms with E-state index in [2.05, 4.69) is 15.9 Å². The summed E-state index contributed by atoms with van der Waals surface area (Å²) in [5.74, 6) is -0.714. The van der Waals surface area contributed by atoms with E-state index < -0.39 is 5.82 Å². The first kappa shape index (κ1) is 14.8. The third kappa shape index (κ3) is 3.30. The number of halogens is 3. The van der Waals surface area contributed by atoms with Crippen molar-refractivity contribution in [1.29, 1.82) is 0 Å². The summed E-state index contributed by atoms with van der Waals surface area (Å²) in [6.07, 6.45) is 0.234. The predicted octanol–water partition coefficient (Wildman–Crippen LogP) is 3.63. The second-order valence-corrected chi connectivity index (χ2v) is 6.90. The van der Waals surface area contributed by atoms with Crippen molar-refractivity contribution in [2.24, 2.45) is 0 Å². The van der Waals surface area contributed by atoms with E-state index in [4.69, 9.17) is 11.6 Å². The van der Waals surface area contributed by atoms with Gasteiger partial charge in [0.25, 0.3) is 0 Å².